The van der Waals surface area contributed by atoms with Crippen molar-refractivity contribution in [2.75, 3.05) is 26.7 Å². The van der Waals surface area contributed by atoms with E-state index in [-0.39, 0.29) is 30.0 Å². The molecule has 0 unspecified atom stereocenters. The molecule has 0 saturated carbocycles. The van der Waals surface area contributed by atoms with Crippen molar-refractivity contribution >= 4 is 35.0 Å². The van der Waals surface area contributed by atoms with Crippen molar-refractivity contribution < 1.29 is 14.7 Å². The minimum absolute atomic E-state index is 0.0300. The number of benzene rings is 1. The molecule has 1 aliphatic rings. The first-order valence-corrected chi connectivity index (χ1v) is 7.80. The van der Waals surface area contributed by atoms with Gasteiger partial charge in [0.25, 0.3) is 5.91 Å². The van der Waals surface area contributed by atoms with E-state index in [1.165, 1.54) is 11.0 Å². The average molecular weight is 345 g/mol. The number of rotatable bonds is 3. The summed E-state index contributed by atoms with van der Waals surface area (Å²) in [6, 6.07) is 4.65. The second-order valence-corrected chi connectivity index (χ2v) is 6.24. The Balaban J connectivity index is 1.99. The lowest BCUT2D eigenvalue weighted by molar-refractivity contribution is -0.133. The predicted molar refractivity (Wildman–Crippen MR) is 85.2 cm³/mol. The van der Waals surface area contributed by atoms with E-state index in [1.807, 2.05) is 0 Å². The van der Waals surface area contributed by atoms with Crippen LogP contribution in [0.3, 0.4) is 0 Å². The number of nitrogens with zero attached hydrogens (tertiary/aromatic N) is 2. The molecule has 0 spiro atoms. The maximum absolute atomic E-state index is 12.4. The Bertz CT molecular complexity index is 572. The van der Waals surface area contributed by atoms with Crippen LogP contribution in [0.4, 0.5) is 0 Å². The van der Waals surface area contributed by atoms with Crippen molar-refractivity contribution in [1.29, 1.82) is 0 Å². The first-order valence-electron chi connectivity index (χ1n) is 7.05. The molecule has 0 aromatic heterocycles. The summed E-state index contributed by atoms with van der Waals surface area (Å²) < 4.78 is 0. The largest absolute Gasteiger partial charge is 0.393 e. The molecule has 1 fully saturated rings. The SMILES string of the molecule is CN(CC(=O)N1CCC(O)CC1)C(=O)c1cc(Cl)ccc1Cl. The number of amides is 2. The lowest BCUT2D eigenvalue weighted by Crippen LogP contribution is -2.45. The molecule has 7 heteroatoms. The van der Waals surface area contributed by atoms with Gasteiger partial charge in [0.2, 0.25) is 5.91 Å². The van der Waals surface area contributed by atoms with Crippen molar-refractivity contribution in [3.63, 3.8) is 0 Å². The van der Waals surface area contributed by atoms with Gasteiger partial charge in [-0.3, -0.25) is 9.59 Å². The molecule has 0 atom stereocenters. The minimum Gasteiger partial charge on any atom is -0.393 e. The van der Waals surface area contributed by atoms with E-state index in [9.17, 15) is 14.7 Å². The molecule has 0 radical (unpaired) electrons. The van der Waals surface area contributed by atoms with Crippen molar-refractivity contribution in [1.82, 2.24) is 9.80 Å². The Morgan fingerprint density at radius 1 is 1.32 bits per heavy atom. The van der Waals surface area contributed by atoms with Crippen LogP contribution in [0.2, 0.25) is 10.0 Å². The highest BCUT2D eigenvalue weighted by Gasteiger charge is 2.24. The fourth-order valence-corrected chi connectivity index (χ4v) is 2.73. The Labute approximate surface area is 139 Å². The fraction of sp³-hybridized carbons (Fsp3) is 0.467. The zero-order valence-electron chi connectivity index (χ0n) is 12.3. The van der Waals surface area contributed by atoms with Crippen LogP contribution in [0.15, 0.2) is 18.2 Å². The number of aliphatic hydroxyl groups is 1. The molecule has 2 rings (SSSR count). The summed E-state index contributed by atoms with van der Waals surface area (Å²) in [7, 11) is 1.55. The molecule has 22 heavy (non-hydrogen) atoms. The van der Waals surface area contributed by atoms with Crippen molar-refractivity contribution in [2.24, 2.45) is 0 Å². The molecule has 1 aromatic rings. The third-order valence-corrected chi connectivity index (χ3v) is 4.26. The molecule has 5 nitrogen and oxygen atoms in total. The van der Waals surface area contributed by atoms with E-state index >= 15 is 0 Å². The first-order chi connectivity index (χ1) is 10.4. The maximum Gasteiger partial charge on any atom is 0.255 e. The van der Waals surface area contributed by atoms with Crippen LogP contribution >= 0.6 is 23.2 Å². The number of carbonyl (C=O) groups excluding carboxylic acids is 2. The van der Waals surface area contributed by atoms with E-state index in [0.29, 0.717) is 36.0 Å². The zero-order valence-corrected chi connectivity index (χ0v) is 13.8. The summed E-state index contributed by atoms with van der Waals surface area (Å²) >= 11 is 11.9. The van der Waals surface area contributed by atoms with Crippen molar-refractivity contribution in [2.45, 2.75) is 18.9 Å². The Hall–Kier alpha value is -1.30. The molecule has 1 aliphatic heterocycles. The van der Waals surface area contributed by atoms with Gasteiger partial charge in [0, 0.05) is 25.2 Å². The van der Waals surface area contributed by atoms with Crippen LogP contribution in [-0.4, -0.2) is 59.5 Å². The standard InChI is InChI=1S/C15H18Cl2N2O3/c1-18(9-14(21)19-6-4-11(20)5-7-19)15(22)12-8-10(16)2-3-13(12)17/h2-3,8,11,20H,4-7,9H2,1H3. The minimum atomic E-state index is -0.349. The van der Waals surface area contributed by atoms with E-state index in [2.05, 4.69) is 0 Å². The highest BCUT2D eigenvalue weighted by Crippen LogP contribution is 2.22. The summed E-state index contributed by atoms with van der Waals surface area (Å²) in [5.74, 6) is -0.487. The van der Waals surface area contributed by atoms with E-state index in [0.717, 1.165) is 0 Å². The van der Waals surface area contributed by atoms with Gasteiger partial charge in [-0.05, 0) is 31.0 Å². The lowest BCUT2D eigenvalue weighted by Gasteiger charge is -2.31. The van der Waals surface area contributed by atoms with Crippen LogP contribution in [0, 0.1) is 0 Å². The number of piperidine rings is 1. The summed E-state index contributed by atoms with van der Waals surface area (Å²) in [6.07, 6.45) is 0.807. The molecule has 1 N–H and O–H groups in total. The molecule has 1 saturated heterocycles. The predicted octanol–water partition coefficient (Wildman–Crippen LogP) is 2.05. The summed E-state index contributed by atoms with van der Waals surface area (Å²) in [6.45, 7) is 0.998. The zero-order chi connectivity index (χ0) is 16.3. The Morgan fingerprint density at radius 2 is 1.95 bits per heavy atom. The summed E-state index contributed by atoms with van der Waals surface area (Å²) in [4.78, 5) is 27.5. The lowest BCUT2D eigenvalue weighted by atomic mass is 10.1. The van der Waals surface area contributed by atoms with Gasteiger partial charge in [0.1, 0.15) is 0 Å². The van der Waals surface area contributed by atoms with Gasteiger partial charge < -0.3 is 14.9 Å². The van der Waals surface area contributed by atoms with Crippen LogP contribution < -0.4 is 0 Å². The fourth-order valence-electron chi connectivity index (χ4n) is 2.36. The van der Waals surface area contributed by atoms with Crippen LogP contribution in [0.5, 0.6) is 0 Å². The van der Waals surface area contributed by atoms with Crippen molar-refractivity contribution in [3.8, 4) is 0 Å². The molecule has 0 bridgehead atoms. The topological polar surface area (TPSA) is 60.9 Å². The van der Waals surface area contributed by atoms with Crippen molar-refractivity contribution in [3.05, 3.63) is 33.8 Å². The Morgan fingerprint density at radius 3 is 2.59 bits per heavy atom. The van der Waals surface area contributed by atoms with E-state index in [1.54, 1.807) is 24.1 Å². The van der Waals surface area contributed by atoms with Gasteiger partial charge in [0.05, 0.1) is 23.2 Å². The van der Waals surface area contributed by atoms with Crippen LogP contribution in [0.25, 0.3) is 0 Å². The van der Waals surface area contributed by atoms with E-state index in [4.69, 9.17) is 23.2 Å². The normalized spacial score (nSPS) is 15.7. The molecule has 2 amide bonds. The molecular formula is C15H18Cl2N2O3. The highest BCUT2D eigenvalue weighted by molar-refractivity contribution is 6.35. The quantitative estimate of drug-likeness (QED) is 0.912. The number of aliphatic hydroxyl groups excluding tert-OH is 1. The van der Waals surface area contributed by atoms with Crippen LogP contribution in [-0.2, 0) is 4.79 Å². The second kappa shape index (κ2) is 7.31. The number of hydrogen-bond acceptors (Lipinski definition) is 3. The first kappa shape index (κ1) is 17.1. The second-order valence-electron chi connectivity index (χ2n) is 5.40. The molecule has 1 aromatic carbocycles. The average Bonchev–Trinajstić information content (AvgIpc) is 2.49. The highest BCUT2D eigenvalue weighted by atomic mass is 35.5. The third-order valence-electron chi connectivity index (χ3n) is 3.70. The summed E-state index contributed by atoms with van der Waals surface area (Å²) in [5.41, 5.74) is 0.276. The summed E-state index contributed by atoms with van der Waals surface area (Å²) in [5, 5.41) is 10.2. The number of likely N-dealkylation sites (tertiary alicyclic amines) is 1. The maximum atomic E-state index is 12.4. The van der Waals surface area contributed by atoms with Gasteiger partial charge in [-0.25, -0.2) is 0 Å². The smallest absolute Gasteiger partial charge is 0.255 e. The van der Waals surface area contributed by atoms with Gasteiger partial charge >= 0.3 is 0 Å². The number of halogens is 2. The van der Waals surface area contributed by atoms with Gasteiger partial charge in [0.15, 0.2) is 0 Å². The number of likely N-dealkylation sites (N-methyl/N-ethyl adjacent to an activating group) is 1. The Kier molecular flexibility index (Phi) is 5.67. The van der Waals surface area contributed by atoms with Gasteiger partial charge in [-0.1, -0.05) is 23.2 Å². The van der Waals surface area contributed by atoms with Gasteiger partial charge in [-0.15, -0.1) is 0 Å². The number of carbonyl (C=O) groups is 2. The van der Waals surface area contributed by atoms with Crippen LogP contribution in [0.1, 0.15) is 23.2 Å². The van der Waals surface area contributed by atoms with E-state index < -0.39 is 0 Å². The molecule has 120 valence electrons. The molecule has 0 aliphatic carbocycles. The van der Waals surface area contributed by atoms with Gasteiger partial charge in [-0.2, -0.15) is 0 Å². The molecular weight excluding hydrogens is 327 g/mol. The third kappa shape index (κ3) is 4.12. The monoisotopic (exact) mass is 344 g/mol. The molecule has 1 heterocycles. The number of hydrogen-bond donors (Lipinski definition) is 1.